The first-order valence-electron chi connectivity index (χ1n) is 9.28. The number of aromatic nitrogens is 4. The van der Waals surface area contributed by atoms with Crippen molar-refractivity contribution in [2.24, 2.45) is 5.92 Å². The fraction of sp³-hybridized carbons (Fsp3) is 0.450. The predicted molar refractivity (Wildman–Crippen MR) is 102 cm³/mol. The summed E-state index contributed by atoms with van der Waals surface area (Å²) in [5.74, 6) is 2.17. The topological polar surface area (TPSA) is 64.7 Å². The van der Waals surface area contributed by atoms with Crippen LogP contribution in [0.25, 0.3) is 11.0 Å². The van der Waals surface area contributed by atoms with Gasteiger partial charge in [0.15, 0.2) is 0 Å². The fourth-order valence-electron chi connectivity index (χ4n) is 3.84. The van der Waals surface area contributed by atoms with Gasteiger partial charge in [-0.05, 0) is 31.9 Å². The Labute approximate surface area is 153 Å². The molecule has 0 fully saturated rings. The first-order valence-corrected chi connectivity index (χ1v) is 9.28. The molecule has 6 heteroatoms. The third-order valence-electron chi connectivity index (χ3n) is 4.88. The van der Waals surface area contributed by atoms with Gasteiger partial charge >= 0.3 is 0 Å². The lowest BCUT2D eigenvalue weighted by molar-refractivity contribution is -0.116. The molecule has 1 aliphatic heterocycles. The van der Waals surface area contributed by atoms with Crippen LogP contribution in [-0.2, 0) is 11.3 Å². The Morgan fingerprint density at radius 3 is 2.73 bits per heavy atom. The van der Waals surface area contributed by atoms with Crippen molar-refractivity contribution in [2.75, 3.05) is 5.32 Å². The number of nitrogens with zero attached hydrogens (tertiary/aromatic N) is 4. The number of hydrogen-bond acceptors (Lipinski definition) is 3. The quantitative estimate of drug-likeness (QED) is 0.774. The van der Waals surface area contributed by atoms with Crippen LogP contribution in [0.3, 0.4) is 0 Å². The molecule has 1 aromatic carbocycles. The Hall–Kier alpha value is -2.63. The second-order valence-electron chi connectivity index (χ2n) is 7.75. The summed E-state index contributed by atoms with van der Waals surface area (Å²) >= 11 is 0. The molecule has 2 aromatic heterocycles. The normalized spacial score (nSPS) is 17.2. The lowest BCUT2D eigenvalue weighted by Crippen LogP contribution is -2.27. The molecule has 3 aromatic rings. The predicted octanol–water partition coefficient (Wildman–Crippen LogP) is 3.94. The average Bonchev–Trinajstić information content (AvgIpc) is 3.15. The highest BCUT2D eigenvalue weighted by atomic mass is 16.1. The molecule has 1 aliphatic rings. The van der Waals surface area contributed by atoms with Gasteiger partial charge in [0.05, 0.1) is 23.1 Å². The summed E-state index contributed by atoms with van der Waals surface area (Å²) < 4.78 is 4.16. The van der Waals surface area contributed by atoms with E-state index in [1.165, 1.54) is 0 Å². The number of rotatable bonds is 4. The van der Waals surface area contributed by atoms with Crippen molar-refractivity contribution in [1.29, 1.82) is 0 Å². The van der Waals surface area contributed by atoms with Gasteiger partial charge in [-0.2, -0.15) is 5.10 Å². The molecule has 3 heterocycles. The number of imidazole rings is 1. The maximum atomic E-state index is 12.5. The summed E-state index contributed by atoms with van der Waals surface area (Å²) in [4.78, 5) is 17.4. The number of carbonyl (C=O) groups excluding carboxylic acids is 1. The summed E-state index contributed by atoms with van der Waals surface area (Å²) in [6.07, 6.45) is 2.29. The number of carbonyl (C=O) groups is 1. The molecule has 0 spiro atoms. The molecule has 0 bridgehead atoms. The van der Waals surface area contributed by atoms with Gasteiger partial charge in [-0.15, -0.1) is 0 Å². The largest absolute Gasteiger partial charge is 0.325 e. The van der Waals surface area contributed by atoms with Crippen molar-refractivity contribution in [3.05, 3.63) is 41.9 Å². The molecule has 0 saturated heterocycles. The number of anilines is 1. The van der Waals surface area contributed by atoms with Crippen LogP contribution in [0.4, 0.5) is 5.82 Å². The Morgan fingerprint density at radius 1 is 1.23 bits per heavy atom. The molecule has 136 valence electrons. The summed E-state index contributed by atoms with van der Waals surface area (Å²) in [6.45, 7) is 9.39. The zero-order valence-electron chi connectivity index (χ0n) is 15.7. The van der Waals surface area contributed by atoms with Gasteiger partial charge in [-0.1, -0.05) is 26.0 Å². The standard InChI is InChI=1S/C20H25N5O/c1-12(2)11-24-19-15(10-21-24)14(9-18(26)23-19)20-22-16-7-5-6-8-17(16)25(20)13(3)4/h5-8,10,12-14H,9,11H2,1-4H3,(H,23,26). The lowest BCUT2D eigenvalue weighted by atomic mass is 9.93. The van der Waals surface area contributed by atoms with Crippen molar-refractivity contribution in [2.45, 2.75) is 52.6 Å². The monoisotopic (exact) mass is 351 g/mol. The molecule has 26 heavy (non-hydrogen) atoms. The van der Waals surface area contributed by atoms with Crippen molar-refractivity contribution in [3.63, 3.8) is 0 Å². The van der Waals surface area contributed by atoms with E-state index in [1.807, 2.05) is 29.1 Å². The zero-order chi connectivity index (χ0) is 18.4. The van der Waals surface area contributed by atoms with E-state index in [4.69, 9.17) is 4.98 Å². The molecule has 0 saturated carbocycles. The summed E-state index contributed by atoms with van der Waals surface area (Å²) in [5, 5.41) is 7.56. The average molecular weight is 351 g/mol. The third kappa shape index (κ3) is 2.69. The molecular formula is C20H25N5O. The van der Waals surface area contributed by atoms with E-state index >= 15 is 0 Å². The Morgan fingerprint density at radius 2 is 2.00 bits per heavy atom. The number of benzene rings is 1. The second-order valence-corrected chi connectivity index (χ2v) is 7.75. The number of amides is 1. The van der Waals surface area contributed by atoms with E-state index < -0.39 is 0 Å². The van der Waals surface area contributed by atoms with Crippen LogP contribution in [0.5, 0.6) is 0 Å². The van der Waals surface area contributed by atoms with Crippen LogP contribution in [0.1, 0.15) is 57.5 Å². The molecule has 4 rings (SSSR count). The van der Waals surface area contributed by atoms with Crippen LogP contribution < -0.4 is 5.32 Å². The van der Waals surface area contributed by atoms with Gasteiger partial charge in [-0.3, -0.25) is 4.79 Å². The van der Waals surface area contributed by atoms with Gasteiger partial charge in [0, 0.05) is 24.6 Å². The fourth-order valence-corrected chi connectivity index (χ4v) is 3.84. The number of fused-ring (bicyclic) bond motifs is 2. The minimum Gasteiger partial charge on any atom is -0.325 e. The van der Waals surface area contributed by atoms with Crippen LogP contribution >= 0.6 is 0 Å². The van der Waals surface area contributed by atoms with E-state index in [1.54, 1.807) is 0 Å². The molecule has 0 aliphatic carbocycles. The van der Waals surface area contributed by atoms with Gasteiger partial charge in [0.2, 0.25) is 5.91 Å². The SMILES string of the molecule is CC(C)Cn1ncc2c1NC(=O)CC2c1nc2ccccc2n1C(C)C. The van der Waals surface area contributed by atoms with Crippen LogP contribution in [-0.4, -0.2) is 25.2 Å². The van der Waals surface area contributed by atoms with E-state index in [9.17, 15) is 4.79 Å². The van der Waals surface area contributed by atoms with Gasteiger partial charge in [0.1, 0.15) is 11.6 Å². The maximum absolute atomic E-state index is 12.5. The molecule has 6 nitrogen and oxygen atoms in total. The van der Waals surface area contributed by atoms with Gasteiger partial charge < -0.3 is 9.88 Å². The van der Waals surface area contributed by atoms with E-state index in [0.29, 0.717) is 12.3 Å². The lowest BCUT2D eigenvalue weighted by Gasteiger charge is -2.25. The Bertz CT molecular complexity index is 966. The Kier molecular flexibility index (Phi) is 4.05. The van der Waals surface area contributed by atoms with Crippen molar-refractivity contribution >= 4 is 22.8 Å². The number of nitrogens with one attached hydrogen (secondary N) is 1. The van der Waals surface area contributed by atoms with Crippen molar-refractivity contribution < 1.29 is 4.79 Å². The molecule has 1 unspecified atom stereocenters. The second kappa shape index (κ2) is 6.27. The minimum absolute atomic E-state index is 0.0235. The third-order valence-corrected chi connectivity index (χ3v) is 4.88. The summed E-state index contributed by atoms with van der Waals surface area (Å²) in [5.41, 5.74) is 3.14. The highest BCUT2D eigenvalue weighted by molar-refractivity contribution is 5.94. The van der Waals surface area contributed by atoms with E-state index in [2.05, 4.69) is 48.7 Å². The zero-order valence-corrected chi connectivity index (χ0v) is 15.7. The number of hydrogen-bond donors (Lipinski definition) is 1. The summed E-state index contributed by atoms with van der Waals surface area (Å²) in [6, 6.07) is 8.42. The number of para-hydroxylation sites is 2. The first kappa shape index (κ1) is 16.8. The maximum Gasteiger partial charge on any atom is 0.226 e. The van der Waals surface area contributed by atoms with Crippen molar-refractivity contribution in [1.82, 2.24) is 19.3 Å². The first-order chi connectivity index (χ1) is 12.5. The molecular weight excluding hydrogens is 326 g/mol. The van der Waals surface area contributed by atoms with Gasteiger partial charge in [-0.25, -0.2) is 9.67 Å². The molecule has 1 N–H and O–H groups in total. The van der Waals surface area contributed by atoms with Crippen LogP contribution in [0.2, 0.25) is 0 Å². The summed E-state index contributed by atoms with van der Waals surface area (Å²) in [7, 11) is 0. The highest BCUT2D eigenvalue weighted by Gasteiger charge is 2.33. The van der Waals surface area contributed by atoms with Crippen LogP contribution in [0.15, 0.2) is 30.5 Å². The smallest absolute Gasteiger partial charge is 0.226 e. The minimum atomic E-state index is -0.0746. The van der Waals surface area contributed by atoms with Crippen molar-refractivity contribution in [3.8, 4) is 0 Å². The Balaban J connectivity index is 1.87. The molecule has 0 radical (unpaired) electrons. The van der Waals surface area contributed by atoms with E-state index in [-0.39, 0.29) is 17.9 Å². The molecule has 1 amide bonds. The highest BCUT2D eigenvalue weighted by Crippen LogP contribution is 2.39. The molecule has 1 atom stereocenters. The van der Waals surface area contributed by atoms with Gasteiger partial charge in [0.25, 0.3) is 0 Å². The van der Waals surface area contributed by atoms with E-state index in [0.717, 1.165) is 34.8 Å². The van der Waals surface area contributed by atoms with Crippen LogP contribution in [0, 0.1) is 5.92 Å².